The van der Waals surface area contributed by atoms with E-state index < -0.39 is 0 Å². The summed E-state index contributed by atoms with van der Waals surface area (Å²) in [7, 11) is 4.57. The molecule has 2 aromatic carbocycles. The van der Waals surface area contributed by atoms with Crippen molar-refractivity contribution in [2.45, 2.75) is 19.8 Å². The van der Waals surface area contributed by atoms with Crippen LogP contribution in [0.25, 0.3) is 0 Å². The van der Waals surface area contributed by atoms with Crippen LogP contribution in [0.5, 0.6) is 17.2 Å². The number of carbonyl (C=O) groups excluding carboxylic acids is 1. The molecule has 27 heavy (non-hydrogen) atoms. The Morgan fingerprint density at radius 1 is 0.963 bits per heavy atom. The van der Waals surface area contributed by atoms with Crippen molar-refractivity contribution in [3.05, 3.63) is 41.5 Å². The van der Waals surface area contributed by atoms with Gasteiger partial charge in [-0.1, -0.05) is 0 Å². The Bertz CT molecular complexity index is 829. The number of nitrogens with zero attached hydrogens (tertiary/aromatic N) is 1. The van der Waals surface area contributed by atoms with Crippen LogP contribution in [-0.4, -0.2) is 40.3 Å². The number of ether oxygens (including phenoxy) is 3. The summed E-state index contributed by atoms with van der Waals surface area (Å²) in [5.41, 5.74) is 3.39. The second kappa shape index (κ2) is 8.20. The lowest BCUT2D eigenvalue weighted by Gasteiger charge is -2.20. The largest absolute Gasteiger partial charge is 0.493 e. The zero-order chi connectivity index (χ0) is 19.4. The maximum Gasteiger partial charge on any atom is 0.259 e. The van der Waals surface area contributed by atoms with Crippen LogP contribution in [0.15, 0.2) is 30.3 Å². The average molecular weight is 370 g/mol. The van der Waals surface area contributed by atoms with Gasteiger partial charge in [-0.25, -0.2) is 0 Å². The monoisotopic (exact) mass is 370 g/mol. The molecule has 0 spiro atoms. The van der Waals surface area contributed by atoms with Crippen molar-refractivity contribution in [2.75, 3.05) is 44.6 Å². The number of benzene rings is 2. The third kappa shape index (κ3) is 3.79. The molecule has 1 aliphatic heterocycles. The highest BCUT2D eigenvalue weighted by atomic mass is 16.5. The zero-order valence-electron chi connectivity index (χ0n) is 16.3. The van der Waals surface area contributed by atoms with E-state index >= 15 is 0 Å². The molecule has 1 heterocycles. The van der Waals surface area contributed by atoms with Crippen molar-refractivity contribution in [3.63, 3.8) is 0 Å². The first kappa shape index (κ1) is 18.9. The van der Waals surface area contributed by atoms with Crippen molar-refractivity contribution in [2.24, 2.45) is 0 Å². The van der Waals surface area contributed by atoms with E-state index in [1.54, 1.807) is 19.2 Å². The summed E-state index contributed by atoms with van der Waals surface area (Å²) in [5.74, 6) is 0.997. The van der Waals surface area contributed by atoms with Crippen molar-refractivity contribution < 1.29 is 19.0 Å². The molecule has 0 saturated carbocycles. The first-order chi connectivity index (χ1) is 13.1. The average Bonchev–Trinajstić information content (AvgIpc) is 3.22. The van der Waals surface area contributed by atoms with Gasteiger partial charge < -0.3 is 24.4 Å². The van der Waals surface area contributed by atoms with E-state index in [0.29, 0.717) is 22.8 Å². The van der Waals surface area contributed by atoms with E-state index in [4.69, 9.17) is 14.2 Å². The maximum absolute atomic E-state index is 12.9. The van der Waals surface area contributed by atoms with Crippen LogP contribution in [0.2, 0.25) is 0 Å². The van der Waals surface area contributed by atoms with Gasteiger partial charge in [0.2, 0.25) is 5.75 Å². The van der Waals surface area contributed by atoms with E-state index in [1.807, 2.05) is 13.0 Å². The molecular formula is C21H26N2O4. The quantitative estimate of drug-likeness (QED) is 0.836. The number of amides is 1. The lowest BCUT2D eigenvalue weighted by molar-refractivity contribution is 0.102. The molecule has 0 aliphatic carbocycles. The molecule has 1 saturated heterocycles. The van der Waals surface area contributed by atoms with Crippen LogP contribution in [0.1, 0.15) is 28.8 Å². The minimum absolute atomic E-state index is 0.259. The van der Waals surface area contributed by atoms with Gasteiger partial charge in [0.25, 0.3) is 5.91 Å². The van der Waals surface area contributed by atoms with Gasteiger partial charge in [0.15, 0.2) is 11.5 Å². The third-order valence-electron chi connectivity index (χ3n) is 4.88. The molecule has 144 valence electrons. The second-order valence-corrected chi connectivity index (χ2v) is 6.53. The maximum atomic E-state index is 12.9. The summed E-state index contributed by atoms with van der Waals surface area (Å²) in [5, 5.41) is 2.97. The number of aryl methyl sites for hydroxylation is 1. The molecule has 0 aromatic heterocycles. The van der Waals surface area contributed by atoms with Gasteiger partial charge in [-0.3, -0.25) is 4.79 Å². The van der Waals surface area contributed by atoms with Crippen molar-refractivity contribution >= 4 is 17.3 Å². The number of anilines is 2. The fourth-order valence-corrected chi connectivity index (χ4v) is 3.43. The van der Waals surface area contributed by atoms with Crippen molar-refractivity contribution in [1.29, 1.82) is 0 Å². The molecule has 0 bridgehead atoms. The number of hydrogen-bond donors (Lipinski definition) is 1. The van der Waals surface area contributed by atoms with Gasteiger partial charge in [-0.2, -0.15) is 0 Å². The molecule has 1 amide bonds. The molecule has 3 rings (SSSR count). The predicted octanol–water partition coefficient (Wildman–Crippen LogP) is 3.87. The fourth-order valence-electron chi connectivity index (χ4n) is 3.43. The lowest BCUT2D eigenvalue weighted by atomic mass is 10.1. The van der Waals surface area contributed by atoms with E-state index in [1.165, 1.54) is 32.7 Å². The minimum atomic E-state index is -0.259. The summed E-state index contributed by atoms with van der Waals surface area (Å²) < 4.78 is 16.0. The van der Waals surface area contributed by atoms with E-state index in [-0.39, 0.29) is 5.91 Å². The number of hydrogen-bond acceptors (Lipinski definition) is 5. The number of nitrogens with one attached hydrogen (secondary N) is 1. The molecule has 6 heteroatoms. The molecule has 1 N–H and O–H groups in total. The minimum Gasteiger partial charge on any atom is -0.493 e. The lowest BCUT2D eigenvalue weighted by Crippen LogP contribution is -2.18. The Balaban J connectivity index is 1.85. The Kier molecular flexibility index (Phi) is 5.74. The van der Waals surface area contributed by atoms with Crippen LogP contribution >= 0.6 is 0 Å². The summed E-state index contributed by atoms with van der Waals surface area (Å²) in [6.45, 7) is 4.18. The van der Waals surface area contributed by atoms with Gasteiger partial charge in [-0.05, 0) is 55.7 Å². The third-order valence-corrected chi connectivity index (χ3v) is 4.88. The summed E-state index contributed by atoms with van der Waals surface area (Å²) >= 11 is 0. The molecule has 6 nitrogen and oxygen atoms in total. The highest BCUT2D eigenvalue weighted by molar-refractivity contribution is 6.07. The SMILES string of the molecule is COc1ccc(C(=O)Nc2ccc(N3CCCC3)cc2C)c(OC)c1OC. The summed E-state index contributed by atoms with van der Waals surface area (Å²) in [6, 6.07) is 9.49. The first-order valence-corrected chi connectivity index (χ1v) is 9.05. The number of carbonyl (C=O) groups is 1. The highest BCUT2D eigenvalue weighted by Gasteiger charge is 2.21. The summed E-state index contributed by atoms with van der Waals surface area (Å²) in [4.78, 5) is 15.2. The molecular weight excluding hydrogens is 344 g/mol. The molecule has 0 atom stereocenters. The van der Waals surface area contributed by atoms with Crippen LogP contribution in [0.4, 0.5) is 11.4 Å². The Labute approximate surface area is 160 Å². The molecule has 2 aromatic rings. The van der Waals surface area contributed by atoms with Gasteiger partial charge in [0.1, 0.15) is 0 Å². The molecule has 0 unspecified atom stereocenters. The Hall–Kier alpha value is -2.89. The fraction of sp³-hybridized carbons (Fsp3) is 0.381. The van der Waals surface area contributed by atoms with Gasteiger partial charge in [0.05, 0.1) is 26.9 Å². The smallest absolute Gasteiger partial charge is 0.259 e. The Morgan fingerprint density at radius 2 is 1.67 bits per heavy atom. The topological polar surface area (TPSA) is 60.0 Å². The van der Waals surface area contributed by atoms with Crippen LogP contribution in [0, 0.1) is 6.92 Å². The summed E-state index contributed by atoms with van der Waals surface area (Å²) in [6.07, 6.45) is 2.47. The van der Waals surface area contributed by atoms with Crippen LogP contribution < -0.4 is 24.4 Å². The van der Waals surface area contributed by atoms with E-state index in [0.717, 1.165) is 24.3 Å². The van der Waals surface area contributed by atoms with Crippen molar-refractivity contribution in [3.8, 4) is 17.2 Å². The zero-order valence-corrected chi connectivity index (χ0v) is 16.3. The standard InChI is InChI=1S/C21H26N2O4/c1-14-13-15(23-11-5-6-12-23)7-9-17(14)22-21(24)16-8-10-18(25-2)20(27-4)19(16)26-3/h7-10,13H,5-6,11-12H2,1-4H3,(H,22,24). The van der Waals surface area contributed by atoms with Gasteiger partial charge in [-0.15, -0.1) is 0 Å². The number of methoxy groups -OCH3 is 3. The molecule has 1 fully saturated rings. The normalized spacial score (nSPS) is 13.4. The second-order valence-electron chi connectivity index (χ2n) is 6.53. The molecule has 0 radical (unpaired) electrons. The predicted molar refractivity (Wildman–Crippen MR) is 107 cm³/mol. The van der Waals surface area contributed by atoms with Crippen molar-refractivity contribution in [1.82, 2.24) is 0 Å². The molecule has 1 aliphatic rings. The Morgan fingerprint density at radius 3 is 2.26 bits per heavy atom. The first-order valence-electron chi connectivity index (χ1n) is 9.05. The van der Waals surface area contributed by atoms with Crippen LogP contribution in [-0.2, 0) is 0 Å². The number of rotatable bonds is 6. The van der Waals surface area contributed by atoms with Gasteiger partial charge >= 0.3 is 0 Å². The van der Waals surface area contributed by atoms with E-state index in [2.05, 4.69) is 22.3 Å². The highest BCUT2D eigenvalue weighted by Crippen LogP contribution is 2.40. The van der Waals surface area contributed by atoms with Gasteiger partial charge in [0, 0.05) is 24.5 Å². The van der Waals surface area contributed by atoms with Crippen LogP contribution in [0.3, 0.4) is 0 Å². The van der Waals surface area contributed by atoms with E-state index in [9.17, 15) is 4.79 Å².